The molecule has 1 aliphatic carbocycles. The molecule has 0 aliphatic heterocycles. The van der Waals surface area contributed by atoms with Crippen molar-refractivity contribution in [2.24, 2.45) is 5.92 Å². The fourth-order valence-corrected chi connectivity index (χ4v) is 4.20. The Morgan fingerprint density at radius 2 is 2.00 bits per heavy atom. The zero-order valence-electron chi connectivity index (χ0n) is 13.0. The molecule has 0 aromatic heterocycles. The molecule has 1 N–H and O–H groups in total. The predicted octanol–water partition coefficient (Wildman–Crippen LogP) is 2.36. The van der Waals surface area contributed by atoms with Gasteiger partial charge >= 0.3 is 0 Å². The average Bonchev–Trinajstić information content (AvgIpc) is 3.22. The van der Waals surface area contributed by atoms with Crippen LogP contribution in [0.2, 0.25) is 0 Å². The first-order valence-corrected chi connectivity index (χ1v) is 9.36. The lowest BCUT2D eigenvalue weighted by molar-refractivity contribution is 0.395. The maximum absolute atomic E-state index is 12.6. The Hall–Kier alpha value is -0.910. The van der Waals surface area contributed by atoms with Gasteiger partial charge in [0, 0.05) is 19.6 Å². The van der Waals surface area contributed by atoms with Crippen LogP contribution in [-0.4, -0.2) is 32.9 Å². The molecule has 0 spiro atoms. The Morgan fingerprint density at radius 1 is 1.29 bits per heavy atom. The van der Waals surface area contributed by atoms with Crippen LogP contribution in [0.15, 0.2) is 24.3 Å². The van der Waals surface area contributed by atoms with Crippen LogP contribution in [0.3, 0.4) is 0 Å². The van der Waals surface area contributed by atoms with Crippen LogP contribution >= 0.6 is 0 Å². The highest BCUT2D eigenvalue weighted by Gasteiger charge is 2.30. The van der Waals surface area contributed by atoms with Gasteiger partial charge in [-0.05, 0) is 43.4 Å². The minimum Gasteiger partial charge on any atom is -0.316 e. The SMILES string of the molecule is CCCN(CC1CC1)S(=O)(=O)Cc1cccc(CNC)c1. The van der Waals surface area contributed by atoms with Crippen molar-refractivity contribution in [3.63, 3.8) is 0 Å². The van der Waals surface area contributed by atoms with Gasteiger partial charge in [-0.3, -0.25) is 0 Å². The smallest absolute Gasteiger partial charge is 0.218 e. The van der Waals surface area contributed by atoms with Crippen molar-refractivity contribution in [3.8, 4) is 0 Å². The third kappa shape index (κ3) is 5.09. The summed E-state index contributed by atoms with van der Waals surface area (Å²) in [5, 5.41) is 3.09. The van der Waals surface area contributed by atoms with E-state index < -0.39 is 10.0 Å². The summed E-state index contributed by atoms with van der Waals surface area (Å²) < 4.78 is 27.0. The first-order chi connectivity index (χ1) is 10.0. The van der Waals surface area contributed by atoms with E-state index in [2.05, 4.69) is 5.32 Å². The molecular formula is C16H26N2O2S. The van der Waals surface area contributed by atoms with Gasteiger partial charge in [-0.2, -0.15) is 0 Å². The molecule has 1 fully saturated rings. The van der Waals surface area contributed by atoms with E-state index >= 15 is 0 Å². The summed E-state index contributed by atoms with van der Waals surface area (Å²) in [6.45, 7) is 4.12. The van der Waals surface area contributed by atoms with Crippen LogP contribution in [0.5, 0.6) is 0 Å². The lowest BCUT2D eigenvalue weighted by Gasteiger charge is -2.21. The number of hydrogen-bond acceptors (Lipinski definition) is 3. The molecule has 1 aromatic rings. The number of nitrogens with zero attached hydrogens (tertiary/aromatic N) is 1. The number of nitrogens with one attached hydrogen (secondary N) is 1. The average molecular weight is 310 g/mol. The van der Waals surface area contributed by atoms with Crippen LogP contribution in [-0.2, 0) is 22.3 Å². The molecule has 0 radical (unpaired) electrons. The standard InChI is InChI=1S/C16H26N2O2S/c1-3-9-18(12-14-7-8-14)21(19,20)13-16-6-4-5-15(10-16)11-17-2/h4-6,10,14,17H,3,7-9,11-13H2,1-2H3. The van der Waals surface area contributed by atoms with Gasteiger partial charge in [-0.15, -0.1) is 0 Å². The minimum atomic E-state index is -3.21. The zero-order chi connectivity index (χ0) is 15.3. The molecule has 21 heavy (non-hydrogen) atoms. The van der Waals surface area contributed by atoms with E-state index in [0.29, 0.717) is 19.0 Å². The normalized spacial score (nSPS) is 15.6. The topological polar surface area (TPSA) is 49.4 Å². The lowest BCUT2D eigenvalue weighted by Crippen LogP contribution is -2.34. The van der Waals surface area contributed by atoms with E-state index in [0.717, 1.165) is 24.1 Å². The molecule has 1 aromatic carbocycles. The molecule has 1 saturated carbocycles. The van der Waals surface area contributed by atoms with Crippen molar-refractivity contribution in [2.45, 2.75) is 38.5 Å². The van der Waals surface area contributed by atoms with Crippen LogP contribution < -0.4 is 5.32 Å². The molecule has 2 rings (SSSR count). The van der Waals surface area contributed by atoms with Gasteiger partial charge in [-0.1, -0.05) is 31.2 Å². The van der Waals surface area contributed by atoms with Crippen LogP contribution in [0.25, 0.3) is 0 Å². The second-order valence-electron chi connectivity index (χ2n) is 5.91. The van der Waals surface area contributed by atoms with Gasteiger partial charge < -0.3 is 5.32 Å². The number of benzene rings is 1. The highest BCUT2D eigenvalue weighted by atomic mass is 32.2. The molecule has 0 saturated heterocycles. The van der Waals surface area contributed by atoms with Crippen molar-refractivity contribution < 1.29 is 8.42 Å². The third-order valence-electron chi connectivity index (χ3n) is 3.75. The molecule has 5 heteroatoms. The van der Waals surface area contributed by atoms with Crippen LogP contribution in [0.4, 0.5) is 0 Å². The minimum absolute atomic E-state index is 0.108. The molecule has 118 valence electrons. The molecule has 0 heterocycles. The summed E-state index contributed by atoms with van der Waals surface area (Å²) in [4.78, 5) is 0. The molecule has 0 amide bonds. The molecule has 0 atom stereocenters. The third-order valence-corrected chi connectivity index (χ3v) is 5.56. The quantitative estimate of drug-likeness (QED) is 0.762. The van der Waals surface area contributed by atoms with Crippen molar-refractivity contribution in [3.05, 3.63) is 35.4 Å². The summed E-state index contributed by atoms with van der Waals surface area (Å²) >= 11 is 0. The van der Waals surface area contributed by atoms with Gasteiger partial charge in [0.15, 0.2) is 0 Å². The van der Waals surface area contributed by atoms with E-state index in [9.17, 15) is 8.42 Å². The van der Waals surface area contributed by atoms with E-state index in [1.54, 1.807) is 4.31 Å². The van der Waals surface area contributed by atoms with E-state index in [4.69, 9.17) is 0 Å². The Kier molecular flexibility index (Phi) is 5.79. The lowest BCUT2D eigenvalue weighted by atomic mass is 10.1. The first kappa shape index (κ1) is 16.5. The van der Waals surface area contributed by atoms with Crippen LogP contribution in [0, 0.1) is 5.92 Å². The van der Waals surface area contributed by atoms with Crippen LogP contribution in [0.1, 0.15) is 37.3 Å². The molecular weight excluding hydrogens is 284 g/mol. The van der Waals surface area contributed by atoms with Crippen molar-refractivity contribution in [1.29, 1.82) is 0 Å². The second kappa shape index (κ2) is 7.38. The fourth-order valence-electron chi connectivity index (χ4n) is 2.52. The van der Waals surface area contributed by atoms with Gasteiger partial charge in [0.05, 0.1) is 5.75 Å². The second-order valence-corrected chi connectivity index (χ2v) is 7.88. The van der Waals surface area contributed by atoms with Gasteiger partial charge in [0.2, 0.25) is 10.0 Å². The van der Waals surface area contributed by atoms with Crippen molar-refractivity contribution in [1.82, 2.24) is 9.62 Å². The van der Waals surface area contributed by atoms with Gasteiger partial charge in [-0.25, -0.2) is 12.7 Å². The van der Waals surface area contributed by atoms with Gasteiger partial charge in [0.25, 0.3) is 0 Å². The Labute approximate surface area is 128 Å². The zero-order valence-corrected chi connectivity index (χ0v) is 13.8. The molecule has 4 nitrogen and oxygen atoms in total. The Balaban J connectivity index is 2.08. The monoisotopic (exact) mass is 310 g/mol. The summed E-state index contributed by atoms with van der Waals surface area (Å²) in [5.74, 6) is 0.694. The highest BCUT2D eigenvalue weighted by molar-refractivity contribution is 7.88. The summed E-state index contributed by atoms with van der Waals surface area (Å²) in [6.07, 6.45) is 3.21. The van der Waals surface area contributed by atoms with E-state index in [1.807, 2.05) is 38.2 Å². The van der Waals surface area contributed by atoms with Crippen molar-refractivity contribution >= 4 is 10.0 Å². The van der Waals surface area contributed by atoms with E-state index in [-0.39, 0.29) is 5.75 Å². The highest BCUT2D eigenvalue weighted by Crippen LogP contribution is 2.31. The summed E-state index contributed by atoms with van der Waals surface area (Å²) in [5.41, 5.74) is 1.99. The predicted molar refractivity (Wildman–Crippen MR) is 86.4 cm³/mol. The molecule has 0 unspecified atom stereocenters. The number of hydrogen-bond donors (Lipinski definition) is 1. The summed E-state index contributed by atoms with van der Waals surface area (Å²) in [6, 6.07) is 7.83. The molecule has 1 aliphatic rings. The summed E-state index contributed by atoms with van der Waals surface area (Å²) in [7, 11) is -1.32. The maximum Gasteiger partial charge on any atom is 0.218 e. The first-order valence-electron chi connectivity index (χ1n) is 7.75. The number of rotatable bonds is 9. The Morgan fingerprint density at radius 3 is 2.62 bits per heavy atom. The van der Waals surface area contributed by atoms with E-state index in [1.165, 1.54) is 12.8 Å². The Bertz CT molecular complexity index is 553. The van der Waals surface area contributed by atoms with Crippen molar-refractivity contribution in [2.75, 3.05) is 20.1 Å². The largest absolute Gasteiger partial charge is 0.316 e. The fraction of sp³-hybridized carbons (Fsp3) is 0.625. The number of sulfonamides is 1. The molecule has 0 bridgehead atoms. The maximum atomic E-state index is 12.6. The van der Waals surface area contributed by atoms with Gasteiger partial charge in [0.1, 0.15) is 0 Å².